The van der Waals surface area contributed by atoms with Crippen LogP contribution >= 0.6 is 0 Å². The van der Waals surface area contributed by atoms with Crippen LogP contribution in [0.4, 0.5) is 8.78 Å². The van der Waals surface area contributed by atoms with Gasteiger partial charge >= 0.3 is 5.97 Å². The smallest absolute Gasteiger partial charge is 0.359 e. The Morgan fingerprint density at radius 3 is 2.55 bits per heavy atom. The maximum Gasteiger partial charge on any atom is 0.359 e. The molecule has 0 spiro atoms. The first-order chi connectivity index (χ1) is 14.9. The van der Waals surface area contributed by atoms with E-state index in [0.717, 1.165) is 29.1 Å². The van der Waals surface area contributed by atoms with Gasteiger partial charge in [-0.1, -0.05) is 17.7 Å². The van der Waals surface area contributed by atoms with Crippen LogP contribution in [0.15, 0.2) is 42.5 Å². The molecular weight excluding hydrogens is 404 g/mol. The molecule has 1 amide bonds. The van der Waals surface area contributed by atoms with Crippen LogP contribution in [0, 0.1) is 18.6 Å². The highest BCUT2D eigenvalue weighted by Crippen LogP contribution is 2.27. The van der Waals surface area contributed by atoms with E-state index in [9.17, 15) is 18.4 Å². The minimum Gasteiger partial charge on any atom is -0.461 e. The van der Waals surface area contributed by atoms with E-state index in [1.165, 1.54) is 4.90 Å². The van der Waals surface area contributed by atoms with Crippen LogP contribution in [-0.4, -0.2) is 39.7 Å². The van der Waals surface area contributed by atoms with Crippen LogP contribution in [0.25, 0.3) is 5.69 Å². The van der Waals surface area contributed by atoms with Gasteiger partial charge in [0.2, 0.25) is 0 Å². The number of fused-ring (bicyclic) bond motifs is 1. The van der Waals surface area contributed by atoms with Gasteiger partial charge in [-0.3, -0.25) is 4.79 Å². The minimum absolute atomic E-state index is 0.0744. The second-order valence-corrected chi connectivity index (χ2v) is 7.34. The van der Waals surface area contributed by atoms with E-state index in [4.69, 9.17) is 4.74 Å². The number of hydrogen-bond donors (Lipinski definition) is 0. The lowest BCUT2D eigenvalue weighted by molar-refractivity contribution is 0.0513. The molecule has 160 valence electrons. The summed E-state index contributed by atoms with van der Waals surface area (Å²) >= 11 is 0. The molecule has 3 aromatic rings. The summed E-state index contributed by atoms with van der Waals surface area (Å²) in [5, 5.41) is 4.49. The van der Waals surface area contributed by atoms with Crippen molar-refractivity contribution in [1.82, 2.24) is 14.7 Å². The fourth-order valence-corrected chi connectivity index (χ4v) is 3.69. The Hall–Kier alpha value is -3.55. The van der Waals surface area contributed by atoms with Crippen molar-refractivity contribution in [1.29, 1.82) is 0 Å². The number of rotatable bonds is 4. The van der Waals surface area contributed by atoms with Crippen LogP contribution < -0.4 is 0 Å². The van der Waals surface area contributed by atoms with Gasteiger partial charge in [-0.2, -0.15) is 5.10 Å². The van der Waals surface area contributed by atoms with Crippen LogP contribution in [0.5, 0.6) is 0 Å². The number of benzene rings is 2. The molecule has 1 aliphatic heterocycles. The number of amides is 1. The van der Waals surface area contributed by atoms with Gasteiger partial charge in [0.1, 0.15) is 11.6 Å². The third-order valence-electron chi connectivity index (χ3n) is 5.25. The van der Waals surface area contributed by atoms with Crippen molar-refractivity contribution in [2.45, 2.75) is 26.8 Å². The number of ether oxygens (including phenoxy) is 1. The Labute approximate surface area is 178 Å². The van der Waals surface area contributed by atoms with E-state index in [0.29, 0.717) is 24.6 Å². The van der Waals surface area contributed by atoms with Crippen molar-refractivity contribution < 1.29 is 23.1 Å². The van der Waals surface area contributed by atoms with Crippen LogP contribution in [-0.2, 0) is 17.7 Å². The number of carbonyl (C=O) groups is 2. The van der Waals surface area contributed by atoms with E-state index < -0.39 is 23.5 Å². The van der Waals surface area contributed by atoms with Gasteiger partial charge in [0.15, 0.2) is 5.69 Å². The fraction of sp³-hybridized carbons (Fsp3) is 0.261. The quantitative estimate of drug-likeness (QED) is 0.596. The molecule has 0 N–H and O–H groups in total. The predicted molar refractivity (Wildman–Crippen MR) is 109 cm³/mol. The third-order valence-corrected chi connectivity index (χ3v) is 5.25. The van der Waals surface area contributed by atoms with E-state index in [-0.39, 0.29) is 24.4 Å². The van der Waals surface area contributed by atoms with Crippen molar-refractivity contribution in [2.24, 2.45) is 0 Å². The number of aryl methyl sites for hydroxylation is 1. The number of aromatic nitrogens is 2. The largest absolute Gasteiger partial charge is 0.461 e. The highest BCUT2D eigenvalue weighted by Gasteiger charge is 2.32. The molecule has 1 aliphatic rings. The van der Waals surface area contributed by atoms with Crippen molar-refractivity contribution >= 4 is 11.9 Å². The predicted octanol–water partition coefficient (Wildman–Crippen LogP) is 3.83. The van der Waals surface area contributed by atoms with E-state index >= 15 is 0 Å². The monoisotopic (exact) mass is 425 g/mol. The summed E-state index contributed by atoms with van der Waals surface area (Å²) in [4.78, 5) is 26.9. The number of carbonyl (C=O) groups excluding carboxylic acids is 2. The minimum atomic E-state index is -0.920. The van der Waals surface area contributed by atoms with Gasteiger partial charge in [-0.05, 0) is 38.1 Å². The Balaban J connectivity index is 1.72. The van der Waals surface area contributed by atoms with Crippen molar-refractivity contribution in [3.8, 4) is 5.69 Å². The number of halogens is 2. The van der Waals surface area contributed by atoms with Gasteiger partial charge in [0.25, 0.3) is 5.91 Å². The molecule has 0 unspecified atom stereocenters. The first kappa shape index (κ1) is 20.7. The van der Waals surface area contributed by atoms with Crippen LogP contribution in [0.3, 0.4) is 0 Å². The lowest BCUT2D eigenvalue weighted by Gasteiger charge is -2.28. The number of nitrogens with zero attached hydrogens (tertiary/aromatic N) is 3. The molecule has 0 fully saturated rings. The highest BCUT2D eigenvalue weighted by molar-refractivity contribution is 5.95. The molecule has 0 atom stereocenters. The third kappa shape index (κ3) is 3.93. The molecule has 31 heavy (non-hydrogen) atoms. The van der Waals surface area contributed by atoms with Gasteiger partial charge in [-0.15, -0.1) is 0 Å². The fourth-order valence-electron chi connectivity index (χ4n) is 3.69. The van der Waals surface area contributed by atoms with Gasteiger partial charge in [-0.25, -0.2) is 18.3 Å². The molecule has 8 heteroatoms. The zero-order valence-corrected chi connectivity index (χ0v) is 17.2. The Morgan fingerprint density at radius 1 is 1.13 bits per heavy atom. The lowest BCUT2D eigenvalue weighted by Crippen LogP contribution is -2.37. The zero-order chi connectivity index (χ0) is 22.1. The molecular formula is C23H21F2N3O3. The summed E-state index contributed by atoms with van der Waals surface area (Å²) in [6.45, 7) is 4.25. The van der Waals surface area contributed by atoms with Crippen molar-refractivity contribution in [3.63, 3.8) is 0 Å². The second kappa shape index (κ2) is 8.29. The van der Waals surface area contributed by atoms with E-state index in [1.54, 1.807) is 11.6 Å². The SMILES string of the molecule is CCOC(=O)c1nn(-c2ccc(C)cc2)c2c1CN(C(=O)c1ccc(F)cc1F)CC2. The molecule has 1 aromatic heterocycles. The number of esters is 1. The summed E-state index contributed by atoms with van der Waals surface area (Å²) in [6, 6.07) is 10.6. The normalized spacial score (nSPS) is 13.1. The molecule has 6 nitrogen and oxygen atoms in total. The standard InChI is InChI=1S/C23H21F2N3O3/c1-3-31-23(30)21-18-13-27(22(29)17-9-6-15(24)12-19(17)25)11-10-20(18)28(26-21)16-7-4-14(2)5-8-16/h4-9,12H,3,10-11,13H2,1-2H3. The Kier molecular flexibility index (Phi) is 5.54. The van der Waals surface area contributed by atoms with Crippen molar-refractivity contribution in [3.05, 3.63) is 82.2 Å². The summed E-state index contributed by atoms with van der Waals surface area (Å²) in [6.07, 6.45) is 0.421. The molecule has 0 bridgehead atoms. The Bertz CT molecular complexity index is 1160. The molecule has 0 radical (unpaired) electrons. The van der Waals surface area contributed by atoms with E-state index in [1.807, 2.05) is 31.2 Å². The molecule has 0 saturated heterocycles. The summed E-state index contributed by atoms with van der Waals surface area (Å²) in [5.41, 5.74) is 3.18. The molecule has 4 rings (SSSR count). The highest BCUT2D eigenvalue weighted by atomic mass is 19.1. The average Bonchev–Trinajstić information content (AvgIpc) is 3.13. The second-order valence-electron chi connectivity index (χ2n) is 7.34. The topological polar surface area (TPSA) is 64.4 Å². The summed E-state index contributed by atoms with van der Waals surface area (Å²) in [7, 11) is 0. The zero-order valence-electron chi connectivity index (χ0n) is 17.2. The van der Waals surface area contributed by atoms with Crippen LogP contribution in [0.2, 0.25) is 0 Å². The lowest BCUT2D eigenvalue weighted by atomic mass is 10.0. The van der Waals surface area contributed by atoms with Crippen LogP contribution in [0.1, 0.15) is 44.6 Å². The first-order valence-corrected chi connectivity index (χ1v) is 9.98. The molecule has 2 aromatic carbocycles. The molecule has 0 saturated carbocycles. The van der Waals surface area contributed by atoms with Gasteiger partial charge in [0, 0.05) is 24.6 Å². The number of hydrogen-bond acceptors (Lipinski definition) is 4. The van der Waals surface area contributed by atoms with Gasteiger partial charge in [0.05, 0.1) is 30.1 Å². The summed E-state index contributed by atoms with van der Waals surface area (Å²) < 4.78 is 34.2. The molecule has 0 aliphatic carbocycles. The maximum atomic E-state index is 14.1. The first-order valence-electron chi connectivity index (χ1n) is 9.98. The maximum absolute atomic E-state index is 14.1. The molecule has 2 heterocycles. The van der Waals surface area contributed by atoms with Crippen molar-refractivity contribution in [2.75, 3.05) is 13.2 Å². The average molecular weight is 425 g/mol. The Morgan fingerprint density at radius 2 is 1.87 bits per heavy atom. The van der Waals surface area contributed by atoms with E-state index in [2.05, 4.69) is 5.10 Å². The summed E-state index contributed by atoms with van der Waals surface area (Å²) in [5.74, 6) is -2.82. The van der Waals surface area contributed by atoms with Gasteiger partial charge < -0.3 is 9.64 Å².